The smallest absolute Gasteiger partial charge is 0.214 e. The van der Waals surface area contributed by atoms with Crippen LogP contribution in [0, 0.1) is 6.92 Å². The van der Waals surface area contributed by atoms with Crippen molar-refractivity contribution in [3.63, 3.8) is 0 Å². The summed E-state index contributed by atoms with van der Waals surface area (Å²) in [6.45, 7) is 4.77. The highest BCUT2D eigenvalue weighted by Gasteiger charge is 2.14. The Morgan fingerprint density at radius 2 is 2.26 bits per heavy atom. The first kappa shape index (κ1) is 13.6. The van der Waals surface area contributed by atoms with Crippen LogP contribution in [0.2, 0.25) is 0 Å². The standard InChI is InChI=1S/C11H16N6OS/c1-4-5-12-9-8(18-3)10(14-6-13-9)19-11-15-7(2)16-17-11/h6H,4-5H2,1-3H3,(H,12,13,14)(H,15,16,17). The Hall–Kier alpha value is -1.83. The molecule has 0 aliphatic heterocycles. The van der Waals surface area contributed by atoms with E-state index in [1.807, 2.05) is 6.92 Å². The fourth-order valence-electron chi connectivity index (χ4n) is 1.44. The molecule has 2 N–H and O–H groups in total. The zero-order chi connectivity index (χ0) is 13.7. The molecule has 2 rings (SSSR count). The van der Waals surface area contributed by atoms with Crippen LogP contribution in [-0.4, -0.2) is 38.8 Å². The van der Waals surface area contributed by atoms with Crippen molar-refractivity contribution in [2.75, 3.05) is 19.0 Å². The molecule has 0 saturated heterocycles. The van der Waals surface area contributed by atoms with E-state index in [1.165, 1.54) is 18.1 Å². The number of aryl methyl sites for hydroxylation is 1. The molecule has 8 heteroatoms. The minimum atomic E-state index is 0.607. The van der Waals surface area contributed by atoms with E-state index in [1.54, 1.807) is 7.11 Å². The first-order chi connectivity index (χ1) is 9.24. The number of nitrogens with zero attached hydrogens (tertiary/aromatic N) is 4. The molecule has 0 spiro atoms. The summed E-state index contributed by atoms with van der Waals surface area (Å²) < 4.78 is 5.38. The molecule has 0 unspecified atom stereocenters. The monoisotopic (exact) mass is 280 g/mol. The summed E-state index contributed by atoms with van der Waals surface area (Å²) in [6.07, 6.45) is 2.51. The van der Waals surface area contributed by atoms with Gasteiger partial charge in [-0.25, -0.2) is 15.0 Å². The summed E-state index contributed by atoms with van der Waals surface area (Å²) in [4.78, 5) is 12.6. The third kappa shape index (κ3) is 3.34. The second-order valence-electron chi connectivity index (χ2n) is 3.79. The van der Waals surface area contributed by atoms with Gasteiger partial charge in [0.25, 0.3) is 0 Å². The Bertz CT molecular complexity index is 544. The minimum Gasteiger partial charge on any atom is -0.490 e. The lowest BCUT2D eigenvalue weighted by Crippen LogP contribution is -2.05. The summed E-state index contributed by atoms with van der Waals surface area (Å²) in [6, 6.07) is 0. The molecule has 0 aromatic carbocycles. The van der Waals surface area contributed by atoms with Gasteiger partial charge in [-0.15, -0.1) is 5.10 Å². The van der Waals surface area contributed by atoms with Crippen LogP contribution in [0.5, 0.6) is 5.75 Å². The quantitative estimate of drug-likeness (QED) is 0.781. The Balaban J connectivity index is 2.24. The van der Waals surface area contributed by atoms with Crippen molar-refractivity contribution in [3.8, 4) is 5.75 Å². The number of aromatic amines is 1. The van der Waals surface area contributed by atoms with Crippen molar-refractivity contribution in [2.45, 2.75) is 30.5 Å². The van der Waals surface area contributed by atoms with Gasteiger partial charge in [0, 0.05) is 6.54 Å². The van der Waals surface area contributed by atoms with Crippen molar-refractivity contribution in [1.82, 2.24) is 25.1 Å². The maximum Gasteiger partial charge on any atom is 0.214 e. The molecular formula is C11H16N6OS. The summed E-state index contributed by atoms with van der Waals surface area (Å²) in [7, 11) is 1.60. The summed E-state index contributed by atoms with van der Waals surface area (Å²) in [5, 5.41) is 11.4. The van der Waals surface area contributed by atoms with Gasteiger partial charge in [-0.2, -0.15) is 0 Å². The maximum atomic E-state index is 5.38. The zero-order valence-corrected chi connectivity index (χ0v) is 11.9. The average Bonchev–Trinajstić information content (AvgIpc) is 2.82. The maximum absolute atomic E-state index is 5.38. The molecule has 0 aliphatic rings. The molecule has 0 atom stereocenters. The van der Waals surface area contributed by atoms with Crippen molar-refractivity contribution in [1.29, 1.82) is 0 Å². The van der Waals surface area contributed by atoms with E-state index in [2.05, 4.69) is 37.4 Å². The lowest BCUT2D eigenvalue weighted by atomic mass is 10.4. The van der Waals surface area contributed by atoms with Crippen molar-refractivity contribution in [3.05, 3.63) is 12.2 Å². The van der Waals surface area contributed by atoms with Gasteiger partial charge < -0.3 is 10.1 Å². The van der Waals surface area contributed by atoms with E-state index in [0.29, 0.717) is 21.7 Å². The Morgan fingerprint density at radius 1 is 1.42 bits per heavy atom. The van der Waals surface area contributed by atoms with Gasteiger partial charge in [-0.1, -0.05) is 6.92 Å². The van der Waals surface area contributed by atoms with Gasteiger partial charge in [0.1, 0.15) is 12.2 Å². The second-order valence-corrected chi connectivity index (χ2v) is 4.75. The summed E-state index contributed by atoms with van der Waals surface area (Å²) in [5.74, 6) is 2.07. The van der Waals surface area contributed by atoms with E-state index >= 15 is 0 Å². The first-order valence-corrected chi connectivity index (χ1v) is 6.76. The minimum absolute atomic E-state index is 0.607. The number of rotatable bonds is 6. The Kier molecular flexibility index (Phi) is 4.56. The third-order valence-electron chi connectivity index (χ3n) is 2.28. The number of methoxy groups -OCH3 is 1. The lowest BCUT2D eigenvalue weighted by Gasteiger charge is -2.11. The van der Waals surface area contributed by atoms with Crippen LogP contribution in [0.15, 0.2) is 16.5 Å². The van der Waals surface area contributed by atoms with Gasteiger partial charge in [0.2, 0.25) is 5.16 Å². The molecule has 0 fully saturated rings. The number of anilines is 1. The highest BCUT2D eigenvalue weighted by atomic mass is 32.2. The topological polar surface area (TPSA) is 88.6 Å². The molecule has 0 aliphatic carbocycles. The van der Waals surface area contributed by atoms with Crippen LogP contribution in [0.3, 0.4) is 0 Å². The highest BCUT2D eigenvalue weighted by Crippen LogP contribution is 2.35. The molecule has 19 heavy (non-hydrogen) atoms. The lowest BCUT2D eigenvalue weighted by molar-refractivity contribution is 0.400. The Morgan fingerprint density at radius 3 is 2.89 bits per heavy atom. The molecule has 102 valence electrons. The summed E-state index contributed by atoms with van der Waals surface area (Å²) in [5.41, 5.74) is 0. The van der Waals surface area contributed by atoms with Gasteiger partial charge in [0.05, 0.1) is 7.11 Å². The highest BCUT2D eigenvalue weighted by molar-refractivity contribution is 7.99. The van der Waals surface area contributed by atoms with E-state index in [9.17, 15) is 0 Å². The number of hydrogen-bond acceptors (Lipinski definition) is 7. The molecule has 2 aromatic rings. The van der Waals surface area contributed by atoms with Gasteiger partial charge in [0.15, 0.2) is 16.6 Å². The fourth-order valence-corrected chi connectivity index (χ4v) is 2.26. The van der Waals surface area contributed by atoms with Crippen LogP contribution in [0.25, 0.3) is 0 Å². The first-order valence-electron chi connectivity index (χ1n) is 5.94. The fraction of sp³-hybridized carbons (Fsp3) is 0.455. The predicted molar refractivity (Wildman–Crippen MR) is 72.6 cm³/mol. The van der Waals surface area contributed by atoms with Gasteiger partial charge >= 0.3 is 0 Å². The zero-order valence-electron chi connectivity index (χ0n) is 11.1. The van der Waals surface area contributed by atoms with Crippen molar-refractivity contribution >= 4 is 17.6 Å². The summed E-state index contributed by atoms with van der Waals surface area (Å²) >= 11 is 1.34. The van der Waals surface area contributed by atoms with Gasteiger partial charge in [-0.05, 0) is 25.1 Å². The van der Waals surface area contributed by atoms with Gasteiger partial charge in [-0.3, -0.25) is 5.10 Å². The number of nitrogens with one attached hydrogen (secondary N) is 2. The average molecular weight is 280 g/mol. The third-order valence-corrected chi connectivity index (χ3v) is 3.13. The molecule has 0 bridgehead atoms. The number of hydrogen-bond donors (Lipinski definition) is 2. The molecule has 0 amide bonds. The number of aromatic nitrogens is 5. The van der Waals surface area contributed by atoms with Crippen LogP contribution < -0.4 is 10.1 Å². The van der Waals surface area contributed by atoms with E-state index in [4.69, 9.17) is 4.74 Å². The van der Waals surface area contributed by atoms with E-state index < -0.39 is 0 Å². The predicted octanol–water partition coefficient (Wildman–Crippen LogP) is 1.88. The molecule has 2 aromatic heterocycles. The number of H-pyrrole nitrogens is 1. The van der Waals surface area contributed by atoms with Crippen molar-refractivity contribution in [2.24, 2.45) is 0 Å². The van der Waals surface area contributed by atoms with E-state index in [-0.39, 0.29) is 0 Å². The molecule has 7 nitrogen and oxygen atoms in total. The van der Waals surface area contributed by atoms with Crippen LogP contribution in [0.4, 0.5) is 5.82 Å². The van der Waals surface area contributed by atoms with Crippen LogP contribution in [0.1, 0.15) is 19.2 Å². The van der Waals surface area contributed by atoms with E-state index in [0.717, 1.165) is 18.8 Å². The molecule has 2 heterocycles. The largest absolute Gasteiger partial charge is 0.490 e. The van der Waals surface area contributed by atoms with Crippen molar-refractivity contribution < 1.29 is 4.74 Å². The molecular weight excluding hydrogens is 264 g/mol. The number of ether oxygens (including phenoxy) is 1. The molecule has 0 saturated carbocycles. The Labute approximate surface area is 115 Å². The molecule has 0 radical (unpaired) electrons. The van der Waals surface area contributed by atoms with Crippen LogP contribution >= 0.6 is 11.8 Å². The normalized spacial score (nSPS) is 10.5. The SMILES string of the molecule is CCCNc1ncnc(Sc2n[nH]c(C)n2)c1OC. The van der Waals surface area contributed by atoms with Crippen LogP contribution in [-0.2, 0) is 0 Å². The second kappa shape index (κ2) is 6.37.